The molecule has 1 atom stereocenters. The summed E-state index contributed by atoms with van der Waals surface area (Å²) in [5.74, 6) is 2.55. The van der Waals surface area contributed by atoms with E-state index in [4.69, 9.17) is 0 Å². The molecule has 0 amide bonds. The minimum atomic E-state index is 0.630. The van der Waals surface area contributed by atoms with Gasteiger partial charge in [-0.25, -0.2) is 4.98 Å². The van der Waals surface area contributed by atoms with E-state index in [0.29, 0.717) is 6.04 Å². The molecule has 1 aliphatic heterocycles. The van der Waals surface area contributed by atoms with E-state index in [0.717, 1.165) is 10.7 Å². The van der Waals surface area contributed by atoms with Crippen LogP contribution in [0.4, 0.5) is 5.69 Å². The molecule has 0 bridgehead atoms. The van der Waals surface area contributed by atoms with Gasteiger partial charge in [-0.3, -0.25) is 0 Å². The van der Waals surface area contributed by atoms with Gasteiger partial charge in [0.1, 0.15) is 0 Å². The zero-order valence-corrected chi connectivity index (χ0v) is 10.5. The highest BCUT2D eigenvalue weighted by Gasteiger charge is 2.12. The molecule has 2 nitrogen and oxygen atoms in total. The Morgan fingerprint density at radius 3 is 3.07 bits per heavy atom. The van der Waals surface area contributed by atoms with Crippen LogP contribution in [-0.4, -0.2) is 28.8 Å². The molecule has 0 aromatic carbocycles. The van der Waals surface area contributed by atoms with Gasteiger partial charge in [0.15, 0.2) is 0 Å². The Morgan fingerprint density at radius 1 is 1.53 bits per heavy atom. The molecule has 1 saturated heterocycles. The molecule has 15 heavy (non-hydrogen) atoms. The summed E-state index contributed by atoms with van der Waals surface area (Å²) in [6.45, 7) is 0. The Morgan fingerprint density at radius 2 is 2.47 bits per heavy atom. The quantitative estimate of drug-likeness (QED) is 0.821. The van der Waals surface area contributed by atoms with Gasteiger partial charge in [0.25, 0.3) is 0 Å². The van der Waals surface area contributed by atoms with Crippen LogP contribution in [0.2, 0.25) is 0 Å². The molecule has 4 heteroatoms. The number of hydrogen-bond donors (Lipinski definition) is 1. The summed E-state index contributed by atoms with van der Waals surface area (Å²) in [4.78, 5) is 4.36. The monoisotopic (exact) mass is 240 g/mol. The van der Waals surface area contributed by atoms with Gasteiger partial charge in [0.05, 0.1) is 16.9 Å². The van der Waals surface area contributed by atoms with Gasteiger partial charge in [-0.15, -0.1) is 11.8 Å². The zero-order chi connectivity index (χ0) is 10.5. The largest absolute Gasteiger partial charge is 0.380 e. The summed E-state index contributed by atoms with van der Waals surface area (Å²) in [5.41, 5.74) is 1.15. The van der Waals surface area contributed by atoms with Crippen LogP contribution in [0.25, 0.3) is 0 Å². The van der Waals surface area contributed by atoms with Crippen molar-refractivity contribution in [2.45, 2.75) is 23.9 Å². The van der Waals surface area contributed by atoms with E-state index in [9.17, 15) is 0 Å². The van der Waals surface area contributed by atoms with Crippen LogP contribution in [-0.2, 0) is 0 Å². The maximum absolute atomic E-state index is 4.36. The average molecular weight is 240 g/mol. The minimum Gasteiger partial charge on any atom is -0.380 e. The summed E-state index contributed by atoms with van der Waals surface area (Å²) >= 11 is 3.72. The van der Waals surface area contributed by atoms with E-state index in [1.165, 1.54) is 24.3 Å². The maximum atomic E-state index is 4.36. The lowest BCUT2D eigenvalue weighted by Crippen LogP contribution is -2.25. The third kappa shape index (κ3) is 3.31. The van der Waals surface area contributed by atoms with Crippen molar-refractivity contribution in [3.05, 3.63) is 18.3 Å². The maximum Gasteiger partial charge on any atom is 0.0958 e. The van der Waals surface area contributed by atoms with Gasteiger partial charge in [-0.1, -0.05) is 0 Å². The molecule has 1 aromatic rings. The van der Waals surface area contributed by atoms with Crippen LogP contribution >= 0.6 is 23.5 Å². The van der Waals surface area contributed by atoms with Crippen molar-refractivity contribution in [1.29, 1.82) is 0 Å². The third-order valence-electron chi connectivity index (χ3n) is 2.48. The molecule has 1 aromatic heterocycles. The van der Waals surface area contributed by atoms with Crippen LogP contribution in [0, 0.1) is 0 Å². The highest BCUT2D eigenvalue weighted by Crippen LogP contribution is 2.21. The number of anilines is 1. The normalized spacial score (nSPS) is 21.3. The van der Waals surface area contributed by atoms with Crippen molar-refractivity contribution in [3.8, 4) is 0 Å². The fraction of sp³-hybridized carbons (Fsp3) is 0.545. The highest BCUT2D eigenvalue weighted by molar-refractivity contribution is 7.99. The smallest absolute Gasteiger partial charge is 0.0958 e. The van der Waals surface area contributed by atoms with E-state index < -0.39 is 0 Å². The van der Waals surface area contributed by atoms with Crippen molar-refractivity contribution in [1.82, 2.24) is 4.98 Å². The van der Waals surface area contributed by atoms with Crippen molar-refractivity contribution in [3.63, 3.8) is 0 Å². The minimum absolute atomic E-state index is 0.630. The second-order valence-electron chi connectivity index (χ2n) is 3.65. The molecule has 2 heterocycles. The summed E-state index contributed by atoms with van der Waals surface area (Å²) in [6, 6.07) is 4.83. The fourth-order valence-electron chi connectivity index (χ4n) is 1.68. The second kappa shape index (κ2) is 5.66. The molecule has 1 unspecified atom stereocenters. The standard InChI is InChI=1S/C11H16N2S2/c1-14-11-5-4-9(7-12-11)13-10-3-2-6-15-8-10/h4-5,7,10,13H,2-3,6,8H2,1H3. The summed E-state index contributed by atoms with van der Waals surface area (Å²) in [6.07, 6.45) is 6.61. The molecule has 0 aliphatic carbocycles. The lowest BCUT2D eigenvalue weighted by molar-refractivity contribution is 0.684. The lowest BCUT2D eigenvalue weighted by atomic mass is 10.2. The number of aromatic nitrogens is 1. The Kier molecular flexibility index (Phi) is 4.20. The van der Waals surface area contributed by atoms with Crippen molar-refractivity contribution < 1.29 is 0 Å². The number of pyridine rings is 1. The summed E-state index contributed by atoms with van der Waals surface area (Å²) in [5, 5.41) is 4.62. The Hall–Kier alpha value is -0.350. The topological polar surface area (TPSA) is 24.9 Å². The number of rotatable bonds is 3. The van der Waals surface area contributed by atoms with Crippen LogP contribution in [0.5, 0.6) is 0 Å². The van der Waals surface area contributed by atoms with E-state index in [1.54, 1.807) is 11.8 Å². The van der Waals surface area contributed by atoms with Gasteiger partial charge in [-0.05, 0) is 37.0 Å². The summed E-state index contributed by atoms with van der Waals surface area (Å²) < 4.78 is 0. The molecule has 1 aliphatic rings. The average Bonchev–Trinajstić information content (AvgIpc) is 2.31. The van der Waals surface area contributed by atoms with Gasteiger partial charge in [0, 0.05) is 11.8 Å². The number of thioether (sulfide) groups is 2. The molecule has 1 fully saturated rings. The molecule has 0 radical (unpaired) electrons. The van der Waals surface area contributed by atoms with Crippen molar-refractivity contribution >= 4 is 29.2 Å². The second-order valence-corrected chi connectivity index (χ2v) is 5.62. The predicted molar refractivity (Wildman–Crippen MR) is 70.0 cm³/mol. The van der Waals surface area contributed by atoms with Crippen LogP contribution in [0.3, 0.4) is 0 Å². The van der Waals surface area contributed by atoms with Gasteiger partial charge in [-0.2, -0.15) is 11.8 Å². The van der Waals surface area contributed by atoms with E-state index in [2.05, 4.69) is 22.4 Å². The number of nitrogens with zero attached hydrogens (tertiary/aromatic N) is 1. The lowest BCUT2D eigenvalue weighted by Gasteiger charge is -2.23. The molecule has 0 spiro atoms. The fourth-order valence-corrected chi connectivity index (χ4v) is 3.11. The first kappa shape index (κ1) is 11.1. The van der Waals surface area contributed by atoms with Gasteiger partial charge >= 0.3 is 0 Å². The third-order valence-corrected chi connectivity index (χ3v) is 4.35. The van der Waals surface area contributed by atoms with E-state index in [-0.39, 0.29) is 0 Å². The molecular weight excluding hydrogens is 224 g/mol. The Balaban J connectivity index is 1.91. The predicted octanol–water partition coefficient (Wildman–Crippen LogP) is 3.11. The molecular formula is C11H16N2S2. The van der Waals surface area contributed by atoms with Crippen molar-refractivity contribution in [2.24, 2.45) is 0 Å². The van der Waals surface area contributed by atoms with Crippen LogP contribution < -0.4 is 5.32 Å². The summed E-state index contributed by atoms with van der Waals surface area (Å²) in [7, 11) is 0. The zero-order valence-electron chi connectivity index (χ0n) is 8.90. The SMILES string of the molecule is CSc1ccc(NC2CCCSC2)cn1. The van der Waals surface area contributed by atoms with Crippen LogP contribution in [0.15, 0.2) is 23.4 Å². The Bertz CT molecular complexity index is 294. The molecule has 0 saturated carbocycles. The first-order chi connectivity index (χ1) is 7.38. The van der Waals surface area contributed by atoms with Crippen LogP contribution in [0.1, 0.15) is 12.8 Å². The van der Waals surface area contributed by atoms with Gasteiger partial charge < -0.3 is 5.32 Å². The Labute approximate surface area is 99.6 Å². The first-order valence-corrected chi connectivity index (χ1v) is 7.61. The molecule has 82 valence electrons. The molecule has 2 rings (SSSR count). The number of nitrogens with one attached hydrogen (secondary N) is 1. The van der Waals surface area contributed by atoms with E-state index in [1.807, 2.05) is 24.2 Å². The number of hydrogen-bond acceptors (Lipinski definition) is 4. The molecule has 1 N–H and O–H groups in total. The van der Waals surface area contributed by atoms with Gasteiger partial charge in [0.2, 0.25) is 0 Å². The first-order valence-electron chi connectivity index (χ1n) is 5.23. The van der Waals surface area contributed by atoms with E-state index >= 15 is 0 Å². The highest BCUT2D eigenvalue weighted by atomic mass is 32.2. The van der Waals surface area contributed by atoms with Crippen molar-refractivity contribution in [2.75, 3.05) is 23.1 Å².